The minimum Gasteiger partial charge on any atom is -0.618 e. The highest BCUT2D eigenvalue weighted by Crippen LogP contribution is 2.26. The van der Waals surface area contributed by atoms with Gasteiger partial charge in [0, 0.05) is 13.0 Å². The largest absolute Gasteiger partial charge is 0.618 e. The minimum atomic E-state index is -0.634. The first-order valence-corrected chi connectivity index (χ1v) is 8.80. The van der Waals surface area contributed by atoms with Crippen LogP contribution in [0.15, 0.2) is 36.4 Å². The fourth-order valence-corrected chi connectivity index (χ4v) is 2.92. The van der Waals surface area contributed by atoms with Gasteiger partial charge in [-0.3, -0.25) is 4.79 Å². The predicted octanol–water partition coefficient (Wildman–Crippen LogP) is 3.74. The van der Waals surface area contributed by atoms with Crippen LogP contribution in [-0.2, 0) is 11.3 Å². The zero-order valence-corrected chi connectivity index (χ0v) is 16.4. The summed E-state index contributed by atoms with van der Waals surface area (Å²) in [6, 6.07) is 9.05. The number of hydrogen-bond acceptors (Lipinski definition) is 6. The van der Waals surface area contributed by atoms with Crippen LogP contribution in [0, 0.1) is 5.21 Å². The normalized spacial score (nSPS) is 10.7. The van der Waals surface area contributed by atoms with E-state index in [-0.39, 0.29) is 44.6 Å². The summed E-state index contributed by atoms with van der Waals surface area (Å²) in [6.45, 7) is 0.863. The lowest BCUT2D eigenvalue weighted by atomic mass is 10.2. The van der Waals surface area contributed by atoms with Crippen molar-refractivity contribution in [1.82, 2.24) is 4.98 Å². The number of halogens is 2. The third-order valence-electron chi connectivity index (χ3n) is 3.97. The maximum Gasteiger partial charge on any atom is 0.338 e. The van der Waals surface area contributed by atoms with Crippen LogP contribution in [0.1, 0.15) is 33.5 Å². The molecule has 1 heterocycles. The van der Waals surface area contributed by atoms with Crippen LogP contribution in [0.25, 0.3) is 11.0 Å². The van der Waals surface area contributed by atoms with E-state index in [1.807, 2.05) is 0 Å². The molecule has 0 spiro atoms. The number of aromatic nitrogens is 2. The number of carbonyl (C=O) groups excluding carboxylic acids is 2. The molecule has 3 rings (SSSR count). The molecule has 0 N–H and O–H groups in total. The molecule has 0 atom stereocenters. The Kier molecular flexibility index (Phi) is 5.67. The summed E-state index contributed by atoms with van der Waals surface area (Å²) >= 11 is 11.9. The van der Waals surface area contributed by atoms with Crippen molar-refractivity contribution in [2.75, 3.05) is 7.11 Å². The van der Waals surface area contributed by atoms with E-state index in [2.05, 4.69) is 4.98 Å². The van der Waals surface area contributed by atoms with Crippen molar-refractivity contribution < 1.29 is 23.8 Å². The standard InChI is InChI=1S/C19H14Cl2N2O5/c1-10(24)18-16(9-28-19(25)11-3-5-12(27-2)6-4-11)22-15-7-13(20)14(21)8-17(15)23(18)26/h3-8H,9H2,1-2H3. The van der Waals surface area contributed by atoms with Crippen LogP contribution in [0.4, 0.5) is 0 Å². The fourth-order valence-electron chi connectivity index (χ4n) is 2.61. The van der Waals surface area contributed by atoms with Crippen LogP contribution >= 0.6 is 23.2 Å². The third-order valence-corrected chi connectivity index (χ3v) is 4.69. The second kappa shape index (κ2) is 8.00. The van der Waals surface area contributed by atoms with E-state index in [1.54, 1.807) is 12.1 Å². The van der Waals surface area contributed by atoms with Gasteiger partial charge in [0.15, 0.2) is 5.69 Å². The molecule has 1 aromatic heterocycles. The average Bonchev–Trinajstić information content (AvgIpc) is 2.67. The number of carbonyl (C=O) groups is 2. The van der Waals surface area contributed by atoms with Crippen LogP contribution < -0.4 is 9.47 Å². The topological polar surface area (TPSA) is 92.4 Å². The van der Waals surface area contributed by atoms with E-state index in [4.69, 9.17) is 32.7 Å². The maximum atomic E-state index is 12.6. The number of benzene rings is 2. The Balaban J connectivity index is 1.94. The molecule has 0 saturated carbocycles. The second-order valence-electron chi connectivity index (χ2n) is 5.82. The number of ketones is 1. The summed E-state index contributed by atoms with van der Waals surface area (Å²) in [5, 5.41) is 13.0. The van der Waals surface area contributed by atoms with Crippen molar-refractivity contribution in [2.24, 2.45) is 0 Å². The molecular formula is C19H14Cl2N2O5. The molecule has 7 nitrogen and oxygen atoms in total. The lowest BCUT2D eigenvalue weighted by Gasteiger charge is -2.11. The van der Waals surface area contributed by atoms with Crippen LogP contribution in [0.2, 0.25) is 10.0 Å². The van der Waals surface area contributed by atoms with E-state index < -0.39 is 11.8 Å². The van der Waals surface area contributed by atoms with Crippen LogP contribution in [-0.4, -0.2) is 23.8 Å². The van der Waals surface area contributed by atoms with Crippen molar-refractivity contribution in [3.8, 4) is 5.75 Å². The molecule has 0 fully saturated rings. The first-order valence-electron chi connectivity index (χ1n) is 8.05. The number of hydrogen-bond donors (Lipinski definition) is 0. The first-order chi connectivity index (χ1) is 13.3. The van der Waals surface area contributed by atoms with Crippen LogP contribution in [0.3, 0.4) is 0 Å². The van der Waals surface area contributed by atoms with Gasteiger partial charge in [-0.2, -0.15) is 4.73 Å². The van der Waals surface area contributed by atoms with E-state index >= 15 is 0 Å². The lowest BCUT2D eigenvalue weighted by molar-refractivity contribution is -0.580. The zero-order valence-electron chi connectivity index (χ0n) is 14.9. The lowest BCUT2D eigenvalue weighted by Crippen LogP contribution is -2.37. The molecule has 3 aromatic rings. The molecular weight excluding hydrogens is 407 g/mol. The van der Waals surface area contributed by atoms with Gasteiger partial charge in [-0.25, -0.2) is 9.78 Å². The highest BCUT2D eigenvalue weighted by molar-refractivity contribution is 6.42. The first kappa shape index (κ1) is 19.9. The quantitative estimate of drug-likeness (QED) is 0.270. The number of ether oxygens (including phenoxy) is 2. The number of nitrogens with zero attached hydrogens (tertiary/aromatic N) is 2. The Labute approximate surface area is 170 Å². The van der Waals surface area contributed by atoms with Gasteiger partial charge in [-0.15, -0.1) is 0 Å². The third kappa shape index (κ3) is 3.85. The van der Waals surface area contributed by atoms with Gasteiger partial charge < -0.3 is 14.7 Å². The molecule has 2 aromatic carbocycles. The smallest absolute Gasteiger partial charge is 0.338 e. The summed E-state index contributed by atoms with van der Waals surface area (Å²) in [5.74, 6) is -0.564. The molecule has 0 unspecified atom stereocenters. The van der Waals surface area contributed by atoms with Crippen molar-refractivity contribution >= 4 is 46.0 Å². The Bertz CT molecular complexity index is 1080. The Morgan fingerprint density at radius 1 is 1.14 bits per heavy atom. The summed E-state index contributed by atoms with van der Waals surface area (Å²) in [4.78, 5) is 28.5. The SMILES string of the molecule is COc1ccc(C(=O)OCc2nc3cc(Cl)c(Cl)cc3[n+]([O-])c2C(C)=O)cc1. The summed E-state index contributed by atoms with van der Waals surface area (Å²) < 4.78 is 10.7. The molecule has 0 saturated heterocycles. The van der Waals surface area contributed by atoms with E-state index in [9.17, 15) is 14.8 Å². The van der Waals surface area contributed by atoms with Gasteiger partial charge >= 0.3 is 5.97 Å². The molecule has 0 aliphatic rings. The number of Topliss-reactive ketones (excluding diaryl/α,β-unsaturated/α-hetero) is 1. The van der Waals surface area contributed by atoms with Crippen molar-refractivity contribution in [2.45, 2.75) is 13.5 Å². The number of rotatable bonds is 5. The maximum absolute atomic E-state index is 12.6. The molecule has 0 aliphatic heterocycles. The fraction of sp³-hybridized carbons (Fsp3) is 0.158. The van der Waals surface area contributed by atoms with Crippen molar-refractivity contribution in [1.29, 1.82) is 0 Å². The molecule has 9 heteroatoms. The molecule has 0 radical (unpaired) electrons. The van der Waals surface area contributed by atoms with Gasteiger partial charge in [-0.1, -0.05) is 23.2 Å². The molecule has 144 valence electrons. The number of esters is 1. The average molecular weight is 421 g/mol. The Hall–Kier alpha value is -2.90. The molecule has 0 aliphatic carbocycles. The van der Waals surface area contributed by atoms with E-state index in [0.29, 0.717) is 10.5 Å². The van der Waals surface area contributed by atoms with E-state index in [0.717, 1.165) is 0 Å². The highest BCUT2D eigenvalue weighted by Gasteiger charge is 2.25. The van der Waals surface area contributed by atoms with Crippen LogP contribution in [0.5, 0.6) is 5.75 Å². The van der Waals surface area contributed by atoms with Gasteiger partial charge in [0.05, 0.1) is 22.7 Å². The summed E-state index contributed by atoms with van der Waals surface area (Å²) in [6.07, 6.45) is 0. The van der Waals surface area contributed by atoms with Gasteiger partial charge in [0.25, 0.3) is 5.69 Å². The van der Waals surface area contributed by atoms with Crippen molar-refractivity contribution in [3.63, 3.8) is 0 Å². The molecule has 28 heavy (non-hydrogen) atoms. The number of methoxy groups -OCH3 is 1. The monoisotopic (exact) mass is 420 g/mol. The predicted molar refractivity (Wildman–Crippen MR) is 103 cm³/mol. The number of fused-ring (bicyclic) bond motifs is 1. The van der Waals surface area contributed by atoms with Gasteiger partial charge in [-0.05, 0) is 30.3 Å². The molecule has 0 amide bonds. The zero-order chi connectivity index (χ0) is 20.4. The minimum absolute atomic E-state index is 0.0234. The van der Waals surface area contributed by atoms with Crippen molar-refractivity contribution in [3.05, 3.63) is 68.6 Å². The molecule has 0 bridgehead atoms. The van der Waals surface area contributed by atoms with Gasteiger partial charge in [0.2, 0.25) is 11.3 Å². The van der Waals surface area contributed by atoms with Gasteiger partial charge in [0.1, 0.15) is 17.9 Å². The summed E-state index contributed by atoms with van der Waals surface area (Å²) in [7, 11) is 1.51. The Morgan fingerprint density at radius 2 is 1.79 bits per heavy atom. The Morgan fingerprint density at radius 3 is 2.39 bits per heavy atom. The highest BCUT2D eigenvalue weighted by atomic mass is 35.5. The summed E-state index contributed by atoms with van der Waals surface area (Å²) in [5.41, 5.74) is 0.397. The second-order valence-corrected chi connectivity index (χ2v) is 6.63. The van der Waals surface area contributed by atoms with E-state index in [1.165, 1.54) is 38.3 Å².